The standard InChI is InChI=1S/C25H21NO/c1-18-8-10-19(11-9-18)12-17-23-22-6-4-5-7-24(22)26(2)25(23)20-13-15-21(27-3)16-14-20/h4-11,13-16H,1-3H3. The lowest BCUT2D eigenvalue weighted by molar-refractivity contribution is 0.415. The Kier molecular flexibility index (Phi) is 4.44. The van der Waals surface area contributed by atoms with Crippen molar-refractivity contribution in [3.05, 3.63) is 89.5 Å². The Hall–Kier alpha value is -3.44. The second-order valence-corrected chi connectivity index (χ2v) is 6.64. The van der Waals surface area contributed by atoms with Gasteiger partial charge >= 0.3 is 0 Å². The van der Waals surface area contributed by atoms with Gasteiger partial charge in [-0.25, -0.2) is 0 Å². The van der Waals surface area contributed by atoms with E-state index in [4.69, 9.17) is 4.74 Å². The minimum Gasteiger partial charge on any atom is -0.497 e. The van der Waals surface area contributed by atoms with Crippen LogP contribution >= 0.6 is 0 Å². The molecule has 0 aliphatic rings. The van der Waals surface area contributed by atoms with E-state index in [0.717, 1.165) is 28.1 Å². The highest BCUT2D eigenvalue weighted by Gasteiger charge is 2.15. The second kappa shape index (κ2) is 7.05. The molecule has 0 bridgehead atoms. The summed E-state index contributed by atoms with van der Waals surface area (Å²) in [5, 5.41) is 1.17. The molecule has 0 radical (unpaired) electrons. The van der Waals surface area contributed by atoms with Crippen molar-refractivity contribution in [2.75, 3.05) is 7.11 Å². The van der Waals surface area contributed by atoms with Gasteiger partial charge in [0.1, 0.15) is 5.75 Å². The average Bonchev–Trinajstić information content (AvgIpc) is 3.00. The van der Waals surface area contributed by atoms with Gasteiger partial charge in [-0.15, -0.1) is 0 Å². The van der Waals surface area contributed by atoms with Gasteiger partial charge in [-0.3, -0.25) is 0 Å². The number of aryl methyl sites for hydroxylation is 2. The van der Waals surface area contributed by atoms with Crippen molar-refractivity contribution in [3.63, 3.8) is 0 Å². The van der Waals surface area contributed by atoms with Crippen LogP contribution < -0.4 is 4.74 Å². The molecule has 132 valence electrons. The molecule has 0 fully saturated rings. The van der Waals surface area contributed by atoms with Crippen LogP contribution in [0.15, 0.2) is 72.8 Å². The van der Waals surface area contributed by atoms with E-state index in [1.165, 1.54) is 16.5 Å². The van der Waals surface area contributed by atoms with Crippen molar-refractivity contribution in [3.8, 4) is 28.8 Å². The Morgan fingerprint density at radius 1 is 0.815 bits per heavy atom. The number of aromatic nitrogens is 1. The minimum absolute atomic E-state index is 0.852. The van der Waals surface area contributed by atoms with Crippen molar-refractivity contribution in [2.24, 2.45) is 7.05 Å². The summed E-state index contributed by atoms with van der Waals surface area (Å²) in [6.07, 6.45) is 0. The Morgan fingerprint density at radius 3 is 2.22 bits per heavy atom. The summed E-state index contributed by atoms with van der Waals surface area (Å²) in [6.45, 7) is 2.09. The van der Waals surface area contributed by atoms with E-state index >= 15 is 0 Å². The van der Waals surface area contributed by atoms with Crippen LogP contribution in [0, 0.1) is 18.8 Å². The van der Waals surface area contributed by atoms with Crippen LogP contribution in [0.3, 0.4) is 0 Å². The third-order valence-electron chi connectivity index (χ3n) is 4.85. The molecule has 27 heavy (non-hydrogen) atoms. The van der Waals surface area contributed by atoms with Gasteiger partial charge in [0.15, 0.2) is 0 Å². The maximum absolute atomic E-state index is 5.30. The molecular weight excluding hydrogens is 330 g/mol. The molecule has 1 heterocycles. The predicted octanol–water partition coefficient (Wildman–Crippen LogP) is 5.56. The molecular formula is C25H21NO. The lowest BCUT2D eigenvalue weighted by Crippen LogP contribution is -1.93. The summed E-state index contributed by atoms with van der Waals surface area (Å²) < 4.78 is 7.52. The zero-order valence-electron chi connectivity index (χ0n) is 15.8. The molecule has 0 aliphatic carbocycles. The quantitative estimate of drug-likeness (QED) is 0.431. The summed E-state index contributed by atoms with van der Waals surface area (Å²) in [4.78, 5) is 0. The normalized spacial score (nSPS) is 10.5. The van der Waals surface area contributed by atoms with Crippen LogP contribution in [-0.2, 0) is 7.05 Å². The fourth-order valence-electron chi connectivity index (χ4n) is 3.38. The molecule has 0 atom stereocenters. The maximum atomic E-state index is 5.30. The lowest BCUT2D eigenvalue weighted by atomic mass is 10.0. The van der Waals surface area contributed by atoms with E-state index in [9.17, 15) is 0 Å². The number of hydrogen-bond donors (Lipinski definition) is 0. The van der Waals surface area contributed by atoms with Gasteiger partial charge in [-0.1, -0.05) is 47.7 Å². The Balaban J connectivity index is 1.91. The maximum Gasteiger partial charge on any atom is 0.118 e. The summed E-state index contributed by atoms with van der Waals surface area (Å²) in [5.74, 6) is 7.63. The second-order valence-electron chi connectivity index (χ2n) is 6.64. The zero-order valence-corrected chi connectivity index (χ0v) is 15.8. The van der Waals surface area contributed by atoms with Gasteiger partial charge in [0, 0.05) is 23.5 Å². The molecule has 2 nitrogen and oxygen atoms in total. The Bertz CT molecular complexity index is 1150. The number of methoxy groups -OCH3 is 1. The van der Waals surface area contributed by atoms with Crippen LogP contribution in [-0.4, -0.2) is 11.7 Å². The molecule has 0 amide bonds. The fourth-order valence-corrected chi connectivity index (χ4v) is 3.38. The molecule has 4 aromatic rings. The smallest absolute Gasteiger partial charge is 0.118 e. The fraction of sp³-hybridized carbons (Fsp3) is 0.120. The van der Waals surface area contributed by atoms with Crippen molar-refractivity contribution in [1.29, 1.82) is 0 Å². The number of para-hydroxylation sites is 1. The van der Waals surface area contributed by atoms with E-state index in [0.29, 0.717) is 0 Å². The SMILES string of the molecule is COc1ccc(-c2c(C#Cc3ccc(C)cc3)c3ccccc3n2C)cc1. The predicted molar refractivity (Wildman–Crippen MR) is 112 cm³/mol. The van der Waals surface area contributed by atoms with Crippen LogP contribution in [0.5, 0.6) is 5.75 Å². The van der Waals surface area contributed by atoms with Gasteiger partial charge in [-0.05, 0) is 55.0 Å². The van der Waals surface area contributed by atoms with Crippen molar-refractivity contribution in [1.82, 2.24) is 4.57 Å². The molecule has 2 heteroatoms. The summed E-state index contributed by atoms with van der Waals surface area (Å²) >= 11 is 0. The van der Waals surface area contributed by atoms with Crippen molar-refractivity contribution >= 4 is 10.9 Å². The first-order valence-corrected chi connectivity index (χ1v) is 8.98. The molecule has 1 aromatic heterocycles. The van der Waals surface area contributed by atoms with Crippen molar-refractivity contribution in [2.45, 2.75) is 6.92 Å². The third-order valence-corrected chi connectivity index (χ3v) is 4.85. The van der Waals surface area contributed by atoms with Crippen LogP contribution in [0.25, 0.3) is 22.2 Å². The van der Waals surface area contributed by atoms with E-state index in [1.807, 2.05) is 12.1 Å². The van der Waals surface area contributed by atoms with Gasteiger partial charge < -0.3 is 9.30 Å². The van der Waals surface area contributed by atoms with Crippen LogP contribution in [0.2, 0.25) is 0 Å². The first-order chi connectivity index (χ1) is 13.2. The van der Waals surface area contributed by atoms with Gasteiger partial charge in [-0.2, -0.15) is 0 Å². The highest BCUT2D eigenvalue weighted by Crippen LogP contribution is 2.33. The highest BCUT2D eigenvalue weighted by atomic mass is 16.5. The molecule has 0 saturated carbocycles. The number of fused-ring (bicyclic) bond motifs is 1. The Morgan fingerprint density at radius 2 is 1.52 bits per heavy atom. The van der Waals surface area contributed by atoms with E-state index in [-0.39, 0.29) is 0 Å². The Labute approximate surface area is 160 Å². The summed E-state index contributed by atoms with van der Waals surface area (Å²) in [5.41, 5.74) is 6.75. The monoisotopic (exact) mass is 351 g/mol. The third kappa shape index (κ3) is 3.20. The summed E-state index contributed by atoms with van der Waals surface area (Å²) in [6, 6.07) is 24.9. The van der Waals surface area contributed by atoms with E-state index in [1.54, 1.807) is 7.11 Å². The molecule has 0 saturated heterocycles. The molecule has 0 N–H and O–H groups in total. The molecule has 3 aromatic carbocycles. The first kappa shape index (κ1) is 17.0. The van der Waals surface area contributed by atoms with E-state index < -0.39 is 0 Å². The van der Waals surface area contributed by atoms with Gasteiger partial charge in [0.05, 0.1) is 18.4 Å². The molecule has 0 aliphatic heterocycles. The molecule has 0 spiro atoms. The summed E-state index contributed by atoms with van der Waals surface area (Å²) in [7, 11) is 3.78. The lowest BCUT2D eigenvalue weighted by Gasteiger charge is -2.07. The number of benzene rings is 3. The van der Waals surface area contributed by atoms with Crippen LogP contribution in [0.1, 0.15) is 16.7 Å². The molecule has 0 unspecified atom stereocenters. The zero-order chi connectivity index (χ0) is 18.8. The largest absolute Gasteiger partial charge is 0.497 e. The average molecular weight is 351 g/mol. The van der Waals surface area contributed by atoms with Crippen LogP contribution in [0.4, 0.5) is 0 Å². The minimum atomic E-state index is 0.852. The molecule has 4 rings (SSSR count). The van der Waals surface area contributed by atoms with Gasteiger partial charge in [0.25, 0.3) is 0 Å². The number of nitrogens with zero attached hydrogens (tertiary/aromatic N) is 1. The number of rotatable bonds is 2. The van der Waals surface area contributed by atoms with Crippen molar-refractivity contribution < 1.29 is 4.74 Å². The van der Waals surface area contributed by atoms with Gasteiger partial charge in [0.2, 0.25) is 0 Å². The topological polar surface area (TPSA) is 14.2 Å². The highest BCUT2D eigenvalue weighted by molar-refractivity contribution is 5.95. The number of hydrogen-bond acceptors (Lipinski definition) is 1. The first-order valence-electron chi connectivity index (χ1n) is 8.98. The number of ether oxygens (including phenoxy) is 1. The van der Waals surface area contributed by atoms with E-state index in [2.05, 4.69) is 91.0 Å².